The minimum atomic E-state index is 0. The first kappa shape index (κ1) is 28.4. The number of hydrogen-bond acceptors (Lipinski definition) is 0. The Labute approximate surface area is 186 Å². The van der Waals surface area contributed by atoms with Gasteiger partial charge in [0.05, 0.1) is 0 Å². The zero-order chi connectivity index (χ0) is 16.8. The summed E-state index contributed by atoms with van der Waals surface area (Å²) in [6.07, 6.45) is 1.05. The van der Waals surface area contributed by atoms with Gasteiger partial charge in [-0.25, -0.2) is 0 Å². The van der Waals surface area contributed by atoms with E-state index in [-0.39, 0.29) is 29.7 Å². The molecule has 0 N–H and O–H groups in total. The SMILES string of the molecule is [CH3-].[CH3-].[CH3-].[CH3-].[Si]=[Ti].[c-]1cccc2c1Cc1ccccc1-2.c1ccc2[cH-]ccc2c1. The van der Waals surface area contributed by atoms with Crippen LogP contribution in [0.1, 0.15) is 11.1 Å². The smallest absolute Gasteiger partial charge is 0.0253 e. The predicted octanol–water partition coefficient (Wildman–Crippen LogP) is 7.03. The van der Waals surface area contributed by atoms with E-state index in [1.54, 1.807) is 19.2 Å². The third kappa shape index (κ3) is 6.38. The van der Waals surface area contributed by atoms with Crippen molar-refractivity contribution >= 4 is 18.4 Å². The molecule has 1 aliphatic carbocycles. The van der Waals surface area contributed by atoms with Crippen LogP contribution in [-0.4, -0.2) is 7.63 Å². The zero-order valence-corrected chi connectivity index (χ0v) is 19.9. The Morgan fingerprint density at radius 3 is 2.14 bits per heavy atom. The van der Waals surface area contributed by atoms with Crippen molar-refractivity contribution in [1.82, 2.24) is 0 Å². The van der Waals surface area contributed by atoms with Crippen LogP contribution in [0.5, 0.6) is 0 Å². The average Bonchev–Trinajstić information content (AvgIpc) is 3.28. The van der Waals surface area contributed by atoms with Crippen LogP contribution in [0.2, 0.25) is 0 Å². The normalized spacial score (nSPS) is 9.11. The average molecular weight is 416 g/mol. The Morgan fingerprint density at radius 1 is 0.750 bits per heavy atom. The Hall–Kier alpha value is -1.80. The van der Waals surface area contributed by atoms with Crippen molar-refractivity contribution < 1.29 is 19.2 Å². The summed E-state index contributed by atoms with van der Waals surface area (Å²) in [5.41, 5.74) is 5.51. The van der Waals surface area contributed by atoms with Crippen molar-refractivity contribution in [3.05, 3.63) is 132 Å². The van der Waals surface area contributed by atoms with Crippen molar-refractivity contribution in [2.45, 2.75) is 6.42 Å². The molecule has 0 saturated carbocycles. The number of benzene rings is 3. The van der Waals surface area contributed by atoms with Gasteiger partial charge in [0.25, 0.3) is 0 Å². The Bertz CT molecular complexity index is 866. The van der Waals surface area contributed by atoms with E-state index in [9.17, 15) is 0 Å². The molecule has 4 aromatic carbocycles. The van der Waals surface area contributed by atoms with Crippen LogP contribution in [0.25, 0.3) is 21.9 Å². The predicted molar refractivity (Wildman–Crippen MR) is 124 cm³/mol. The maximum atomic E-state index is 3.30. The summed E-state index contributed by atoms with van der Waals surface area (Å²) < 4.78 is 0. The van der Waals surface area contributed by atoms with Gasteiger partial charge in [-0.1, -0.05) is 41.5 Å². The van der Waals surface area contributed by atoms with Crippen molar-refractivity contribution in [3.63, 3.8) is 0 Å². The molecule has 0 amide bonds. The van der Waals surface area contributed by atoms with Crippen molar-refractivity contribution in [2.75, 3.05) is 0 Å². The maximum absolute atomic E-state index is 3.30. The van der Waals surface area contributed by atoms with Crippen LogP contribution in [0.3, 0.4) is 0 Å². The van der Waals surface area contributed by atoms with Crippen molar-refractivity contribution in [3.8, 4) is 11.1 Å². The molecule has 0 spiro atoms. The van der Waals surface area contributed by atoms with Gasteiger partial charge in [0.2, 0.25) is 0 Å². The monoisotopic (exact) mass is 416 g/mol. The topological polar surface area (TPSA) is 0 Å². The molecule has 5 rings (SSSR count). The zero-order valence-electron chi connectivity index (χ0n) is 17.3. The molecule has 0 aromatic heterocycles. The fourth-order valence-electron chi connectivity index (χ4n) is 3.07. The number of fused-ring (bicyclic) bond motifs is 4. The van der Waals surface area contributed by atoms with E-state index in [0.29, 0.717) is 0 Å². The Morgan fingerprint density at radius 2 is 1.39 bits per heavy atom. The van der Waals surface area contributed by atoms with E-state index < -0.39 is 0 Å². The summed E-state index contributed by atoms with van der Waals surface area (Å²) in [6, 6.07) is 32.8. The molecule has 1 aliphatic rings. The van der Waals surface area contributed by atoms with Crippen molar-refractivity contribution in [2.24, 2.45) is 0 Å². The fraction of sp³-hybridized carbons (Fsp3) is 0.0385. The quantitative estimate of drug-likeness (QED) is 0.188. The first-order valence-electron chi connectivity index (χ1n) is 7.85. The number of rotatable bonds is 0. The van der Waals surface area contributed by atoms with Crippen LogP contribution in [0, 0.1) is 35.8 Å². The summed E-state index contributed by atoms with van der Waals surface area (Å²) in [7, 11) is 2.97. The number of hydrogen-bond donors (Lipinski definition) is 0. The van der Waals surface area contributed by atoms with Crippen LogP contribution >= 0.6 is 0 Å². The Kier molecular flexibility index (Phi) is 14.4. The molecular weight excluding hydrogens is 388 g/mol. The first-order valence-corrected chi connectivity index (χ1v) is 10.7. The molecule has 0 aliphatic heterocycles. The summed E-state index contributed by atoms with van der Waals surface area (Å²) >= 11 is 1.81. The molecule has 0 unspecified atom stereocenters. The molecule has 2 radical (unpaired) electrons. The minimum Gasteiger partial charge on any atom is -0.179 e. The first-order chi connectivity index (χ1) is 11.9. The molecule has 0 atom stereocenters. The molecule has 0 heterocycles. The third-order valence-electron chi connectivity index (χ3n) is 4.16. The van der Waals surface area contributed by atoms with Crippen molar-refractivity contribution in [1.29, 1.82) is 0 Å². The molecule has 0 saturated heterocycles. The van der Waals surface area contributed by atoms with E-state index in [1.807, 2.05) is 6.07 Å². The van der Waals surface area contributed by atoms with Gasteiger partial charge in [0.1, 0.15) is 0 Å². The van der Waals surface area contributed by atoms with Crippen LogP contribution < -0.4 is 0 Å². The molecule has 2 heteroatoms. The van der Waals surface area contributed by atoms with E-state index in [1.165, 1.54) is 33.0 Å². The van der Waals surface area contributed by atoms with E-state index in [0.717, 1.165) is 6.42 Å². The van der Waals surface area contributed by atoms with Gasteiger partial charge in [0.15, 0.2) is 0 Å². The molecule has 146 valence electrons. The van der Waals surface area contributed by atoms with Gasteiger partial charge < -0.3 is 29.7 Å². The maximum Gasteiger partial charge on any atom is -0.0253 e. The largest absolute Gasteiger partial charge is 0.179 e. The molecular formula is C26H28SiTi-6. The summed E-state index contributed by atoms with van der Waals surface area (Å²) in [5.74, 6) is 0. The van der Waals surface area contributed by atoms with E-state index in [2.05, 4.69) is 92.6 Å². The second-order valence-corrected chi connectivity index (χ2v) is 5.55. The van der Waals surface area contributed by atoms with E-state index >= 15 is 0 Å². The standard InChI is InChI=1S/C13H9.C9H7.4CH3.Si.Ti/c1-3-7-12-10(5-1)9-11-6-2-4-8-13(11)12;1-2-5-9-7-3-6-8(9)4-1;;;;;;/h1-5,7-8H,9H2;1-7H;4*1H3;;/q6*-1;;. The van der Waals surface area contributed by atoms with Crippen LogP contribution in [0.4, 0.5) is 0 Å². The molecule has 28 heavy (non-hydrogen) atoms. The third-order valence-corrected chi connectivity index (χ3v) is 4.16. The molecule has 0 nitrogen and oxygen atoms in total. The van der Waals surface area contributed by atoms with Crippen LogP contribution in [0.15, 0.2) is 84.9 Å². The van der Waals surface area contributed by atoms with E-state index in [4.69, 9.17) is 0 Å². The van der Waals surface area contributed by atoms with Gasteiger partial charge in [0, 0.05) is 0 Å². The second-order valence-electron chi connectivity index (χ2n) is 5.55. The van der Waals surface area contributed by atoms with Gasteiger partial charge in [-0.2, -0.15) is 47.3 Å². The van der Waals surface area contributed by atoms with Gasteiger partial charge in [-0.3, -0.25) is 0 Å². The summed E-state index contributed by atoms with van der Waals surface area (Å²) in [5, 5.41) is 2.66. The van der Waals surface area contributed by atoms with Crippen LogP contribution in [-0.2, 0) is 25.6 Å². The summed E-state index contributed by atoms with van der Waals surface area (Å²) in [6.45, 7) is 0. The molecule has 4 aromatic rings. The van der Waals surface area contributed by atoms with Gasteiger partial charge in [-0.15, -0.1) is 35.2 Å². The summed E-state index contributed by atoms with van der Waals surface area (Å²) in [4.78, 5) is 0. The molecule has 0 bridgehead atoms. The van der Waals surface area contributed by atoms with Gasteiger partial charge >= 0.3 is 26.8 Å². The fourth-order valence-corrected chi connectivity index (χ4v) is 3.07. The Balaban J connectivity index is 0. The van der Waals surface area contributed by atoms with Gasteiger partial charge in [-0.05, 0) is 6.42 Å². The minimum absolute atomic E-state index is 0. The molecule has 0 fully saturated rings. The second kappa shape index (κ2) is 14.2.